The van der Waals surface area contributed by atoms with Crippen molar-refractivity contribution in [2.45, 2.75) is 57.9 Å². The van der Waals surface area contributed by atoms with Crippen LogP contribution in [0.15, 0.2) is 0 Å². The van der Waals surface area contributed by atoms with E-state index in [-0.39, 0.29) is 19.1 Å². The van der Waals surface area contributed by atoms with Gasteiger partial charge in [0.1, 0.15) is 12.6 Å². The molecule has 0 spiro atoms. The Bertz CT molecular complexity index is 604. The molecule has 11 heteroatoms. The second-order valence-electron chi connectivity index (χ2n) is 7.21. The summed E-state index contributed by atoms with van der Waals surface area (Å²) in [6.45, 7) is 2.12. The predicted molar refractivity (Wildman–Crippen MR) is 109 cm³/mol. The van der Waals surface area contributed by atoms with Gasteiger partial charge in [0.25, 0.3) is 0 Å². The lowest BCUT2D eigenvalue weighted by atomic mass is 10.1. The third kappa shape index (κ3) is 10.6. The van der Waals surface area contributed by atoms with Crippen LogP contribution in [0.3, 0.4) is 0 Å². The topological polar surface area (TPSA) is 157 Å². The molecular formula is C19H33N5O6. The highest BCUT2D eigenvalue weighted by molar-refractivity contribution is 5.92. The Morgan fingerprint density at radius 2 is 1.50 bits per heavy atom. The number of carbonyl (C=O) groups excluding carboxylic acids is 4. The fourth-order valence-corrected chi connectivity index (χ4v) is 2.99. The van der Waals surface area contributed by atoms with E-state index in [0.717, 1.165) is 32.1 Å². The largest absolute Gasteiger partial charge is 0.480 e. The molecule has 0 saturated carbocycles. The lowest BCUT2D eigenvalue weighted by Gasteiger charge is -2.20. The number of carbonyl (C=O) groups is 5. The maximum absolute atomic E-state index is 12.1. The molecule has 0 aromatic rings. The monoisotopic (exact) mass is 427 g/mol. The van der Waals surface area contributed by atoms with Crippen molar-refractivity contribution in [3.05, 3.63) is 0 Å². The summed E-state index contributed by atoms with van der Waals surface area (Å²) in [4.78, 5) is 60.4. The molecule has 0 aromatic carbocycles. The smallest absolute Gasteiger partial charge is 0.322 e. The number of hydrogen-bond donors (Lipinski definition) is 5. The molecule has 5 N–H and O–H groups in total. The van der Waals surface area contributed by atoms with E-state index in [9.17, 15) is 24.0 Å². The molecule has 1 aliphatic rings. The number of carboxylic acids is 1. The van der Waals surface area contributed by atoms with Gasteiger partial charge in [0.15, 0.2) is 0 Å². The summed E-state index contributed by atoms with van der Waals surface area (Å²) in [6.07, 6.45) is 5.89. The highest BCUT2D eigenvalue weighted by Crippen LogP contribution is 2.09. The molecule has 1 saturated heterocycles. The van der Waals surface area contributed by atoms with Crippen molar-refractivity contribution in [3.63, 3.8) is 0 Å². The van der Waals surface area contributed by atoms with E-state index >= 15 is 0 Å². The second kappa shape index (κ2) is 14.2. The van der Waals surface area contributed by atoms with E-state index in [4.69, 9.17) is 5.11 Å². The van der Waals surface area contributed by atoms with Gasteiger partial charge in [-0.05, 0) is 19.3 Å². The lowest BCUT2D eigenvalue weighted by Crippen LogP contribution is -2.51. The van der Waals surface area contributed by atoms with Crippen LogP contribution in [0, 0.1) is 0 Å². The minimum atomic E-state index is -1.18. The third-order valence-electron chi connectivity index (χ3n) is 4.65. The molecule has 30 heavy (non-hydrogen) atoms. The number of nitrogens with zero attached hydrogens (tertiary/aromatic N) is 1. The maximum atomic E-state index is 12.1. The van der Waals surface area contributed by atoms with Crippen LogP contribution in [0.25, 0.3) is 0 Å². The first-order chi connectivity index (χ1) is 14.3. The fraction of sp³-hybridized carbons (Fsp3) is 0.737. The Hall–Kier alpha value is -2.85. The van der Waals surface area contributed by atoms with E-state index in [1.54, 1.807) is 4.90 Å². The SMILES string of the molecule is CCCC[C@@H](NC(=O)CNC(=O)CNC(=O)N1CCCCCC1)C(=O)NCC(=O)O. The zero-order valence-electron chi connectivity index (χ0n) is 17.5. The summed E-state index contributed by atoms with van der Waals surface area (Å²) in [7, 11) is 0. The van der Waals surface area contributed by atoms with Crippen LogP contribution >= 0.6 is 0 Å². The van der Waals surface area contributed by atoms with Crippen LogP contribution in [0.4, 0.5) is 4.79 Å². The van der Waals surface area contributed by atoms with Crippen molar-refractivity contribution < 1.29 is 29.1 Å². The minimum Gasteiger partial charge on any atom is -0.480 e. The number of carboxylic acid groups (broad SMARTS) is 1. The number of urea groups is 1. The highest BCUT2D eigenvalue weighted by atomic mass is 16.4. The van der Waals surface area contributed by atoms with Gasteiger partial charge < -0.3 is 31.3 Å². The summed E-state index contributed by atoms with van der Waals surface area (Å²) in [5, 5.41) is 18.3. The minimum absolute atomic E-state index is 0.249. The van der Waals surface area contributed by atoms with Gasteiger partial charge >= 0.3 is 12.0 Å². The van der Waals surface area contributed by atoms with Gasteiger partial charge in [-0.3, -0.25) is 19.2 Å². The molecule has 1 fully saturated rings. The van der Waals surface area contributed by atoms with Crippen molar-refractivity contribution in [1.29, 1.82) is 0 Å². The van der Waals surface area contributed by atoms with Gasteiger partial charge in [-0.2, -0.15) is 0 Å². The Balaban J connectivity index is 2.36. The van der Waals surface area contributed by atoms with Crippen LogP contribution in [-0.2, 0) is 19.2 Å². The summed E-state index contributed by atoms with van der Waals surface area (Å²) >= 11 is 0. The molecular weight excluding hydrogens is 394 g/mol. The zero-order valence-corrected chi connectivity index (χ0v) is 17.5. The molecule has 0 radical (unpaired) electrons. The first-order valence-corrected chi connectivity index (χ1v) is 10.4. The second-order valence-corrected chi connectivity index (χ2v) is 7.21. The number of aliphatic carboxylic acids is 1. The standard InChI is InChI=1S/C19H33N5O6/c1-2-3-8-14(18(29)21-13-17(27)28)23-16(26)12-20-15(25)11-22-19(30)24-9-6-4-5-7-10-24/h14H,2-13H2,1H3,(H,20,25)(H,21,29)(H,22,30)(H,23,26)(H,27,28)/t14-/m1/s1. The summed E-state index contributed by atoms with van der Waals surface area (Å²) in [6, 6.07) is -1.18. The van der Waals surface area contributed by atoms with Gasteiger partial charge in [0.2, 0.25) is 17.7 Å². The van der Waals surface area contributed by atoms with E-state index in [2.05, 4.69) is 21.3 Å². The van der Waals surface area contributed by atoms with E-state index in [0.29, 0.717) is 25.9 Å². The first kappa shape index (κ1) is 25.2. The zero-order chi connectivity index (χ0) is 22.4. The van der Waals surface area contributed by atoms with Gasteiger partial charge in [-0.15, -0.1) is 0 Å². The Labute approximate surface area is 176 Å². The number of amides is 5. The maximum Gasteiger partial charge on any atom is 0.322 e. The molecule has 11 nitrogen and oxygen atoms in total. The molecule has 1 heterocycles. The molecule has 1 aliphatic heterocycles. The van der Waals surface area contributed by atoms with E-state index in [1.807, 2.05) is 6.92 Å². The van der Waals surface area contributed by atoms with Crippen LogP contribution in [0.5, 0.6) is 0 Å². The summed E-state index contributed by atoms with van der Waals surface area (Å²) in [5.41, 5.74) is 0. The van der Waals surface area contributed by atoms with Gasteiger partial charge in [0, 0.05) is 13.1 Å². The van der Waals surface area contributed by atoms with Gasteiger partial charge in [-0.25, -0.2) is 4.79 Å². The molecule has 0 unspecified atom stereocenters. The van der Waals surface area contributed by atoms with Crippen molar-refractivity contribution in [1.82, 2.24) is 26.2 Å². The number of hydrogen-bond acceptors (Lipinski definition) is 5. The third-order valence-corrected chi connectivity index (χ3v) is 4.65. The molecule has 1 rings (SSSR count). The number of likely N-dealkylation sites (tertiary alicyclic amines) is 1. The predicted octanol–water partition coefficient (Wildman–Crippen LogP) is -0.436. The van der Waals surface area contributed by atoms with E-state index in [1.165, 1.54) is 0 Å². The van der Waals surface area contributed by atoms with Crippen molar-refractivity contribution in [2.75, 3.05) is 32.7 Å². The number of nitrogens with one attached hydrogen (secondary N) is 4. The van der Waals surface area contributed by atoms with Crippen molar-refractivity contribution in [3.8, 4) is 0 Å². The number of unbranched alkanes of at least 4 members (excludes halogenated alkanes) is 1. The summed E-state index contributed by atoms with van der Waals surface area (Å²) in [5.74, 6) is -2.86. The Morgan fingerprint density at radius 3 is 2.10 bits per heavy atom. The van der Waals surface area contributed by atoms with E-state index < -0.39 is 36.3 Å². The van der Waals surface area contributed by atoms with Crippen LogP contribution in [-0.4, -0.2) is 78.5 Å². The average molecular weight is 428 g/mol. The Kier molecular flexibility index (Phi) is 11.9. The van der Waals surface area contributed by atoms with Gasteiger partial charge in [0.05, 0.1) is 13.1 Å². The first-order valence-electron chi connectivity index (χ1n) is 10.4. The molecule has 1 atom stereocenters. The van der Waals surface area contributed by atoms with Crippen LogP contribution < -0.4 is 21.3 Å². The van der Waals surface area contributed by atoms with Crippen molar-refractivity contribution >= 4 is 29.7 Å². The molecule has 5 amide bonds. The van der Waals surface area contributed by atoms with Crippen LogP contribution in [0.2, 0.25) is 0 Å². The highest BCUT2D eigenvalue weighted by Gasteiger charge is 2.21. The fourth-order valence-electron chi connectivity index (χ4n) is 2.99. The number of rotatable bonds is 11. The average Bonchev–Trinajstić information content (AvgIpc) is 3.01. The normalized spacial score (nSPS) is 14.8. The quantitative estimate of drug-likeness (QED) is 0.301. The van der Waals surface area contributed by atoms with Crippen LogP contribution in [0.1, 0.15) is 51.9 Å². The molecule has 0 aliphatic carbocycles. The summed E-state index contributed by atoms with van der Waals surface area (Å²) < 4.78 is 0. The van der Waals surface area contributed by atoms with Gasteiger partial charge in [-0.1, -0.05) is 32.6 Å². The molecule has 170 valence electrons. The van der Waals surface area contributed by atoms with Crippen molar-refractivity contribution in [2.24, 2.45) is 0 Å². The molecule has 0 aromatic heterocycles. The molecule has 0 bridgehead atoms. The Morgan fingerprint density at radius 1 is 0.867 bits per heavy atom. The lowest BCUT2D eigenvalue weighted by molar-refractivity contribution is -0.138.